The summed E-state index contributed by atoms with van der Waals surface area (Å²) in [4.78, 5) is 11.3. The first kappa shape index (κ1) is 17.0. The Kier molecular flexibility index (Phi) is 4.61. The second-order valence-corrected chi connectivity index (χ2v) is 11.2. The van der Waals surface area contributed by atoms with Gasteiger partial charge in [-0.25, -0.2) is 0 Å². The molecule has 1 atom stereocenters. The third-order valence-corrected chi connectivity index (χ3v) is 6.45. The van der Waals surface area contributed by atoms with E-state index in [-0.39, 0.29) is 12.0 Å². The maximum Gasteiger partial charge on any atom is 0.333 e. The number of alkyl halides is 2. The first-order valence-corrected chi connectivity index (χ1v) is 10.2. The Balaban J connectivity index is 3.37. The number of allylic oxidation sites excluding steroid dienone is 2. The molecule has 0 fully saturated rings. The molecule has 1 rings (SSSR count). The molecule has 20 heavy (non-hydrogen) atoms. The van der Waals surface area contributed by atoms with Crippen molar-refractivity contribution in [3.63, 3.8) is 0 Å². The van der Waals surface area contributed by atoms with Crippen molar-refractivity contribution >= 4 is 14.0 Å². The zero-order valence-electron chi connectivity index (χ0n) is 12.6. The van der Waals surface area contributed by atoms with E-state index in [9.17, 15) is 18.7 Å². The molecule has 1 aliphatic carbocycles. The number of aliphatic hydroxyl groups is 1. The van der Waals surface area contributed by atoms with E-state index < -0.39 is 30.9 Å². The molecule has 1 N–H and O–H groups in total. The molecule has 1 unspecified atom stereocenters. The van der Waals surface area contributed by atoms with E-state index in [1.165, 1.54) is 13.0 Å². The lowest BCUT2D eigenvalue weighted by atomic mass is 9.93. The topological polar surface area (TPSA) is 46.5 Å². The van der Waals surface area contributed by atoms with Gasteiger partial charge in [0.25, 0.3) is 0 Å². The highest BCUT2D eigenvalue weighted by Crippen LogP contribution is 2.49. The van der Waals surface area contributed by atoms with Crippen LogP contribution in [0.15, 0.2) is 23.5 Å². The number of hydrogen-bond donors (Lipinski definition) is 1. The molecule has 0 saturated heterocycles. The van der Waals surface area contributed by atoms with E-state index in [4.69, 9.17) is 4.74 Å². The van der Waals surface area contributed by atoms with Crippen molar-refractivity contribution in [2.24, 2.45) is 0 Å². The number of ether oxygens (including phenoxy) is 1. The normalized spacial score (nSPS) is 25.8. The highest BCUT2D eigenvalue weighted by Gasteiger charge is 2.65. The lowest BCUT2D eigenvalue weighted by molar-refractivity contribution is -0.156. The number of carbonyl (C=O) groups is 1. The van der Waals surface area contributed by atoms with E-state index in [0.717, 1.165) is 6.08 Å². The fraction of sp³-hybridized carbons (Fsp3) is 0.643. The number of halogens is 2. The van der Waals surface area contributed by atoms with E-state index in [1.807, 2.05) is 0 Å². The fourth-order valence-corrected chi connectivity index (χ4v) is 4.69. The van der Waals surface area contributed by atoms with Gasteiger partial charge in [0, 0.05) is 6.42 Å². The van der Waals surface area contributed by atoms with Crippen molar-refractivity contribution in [3.05, 3.63) is 23.5 Å². The largest absolute Gasteiger partial charge is 0.424 e. The molecule has 6 heteroatoms. The van der Waals surface area contributed by atoms with Crippen molar-refractivity contribution in [1.29, 1.82) is 0 Å². The zero-order chi connectivity index (χ0) is 15.8. The second kappa shape index (κ2) is 5.41. The molecule has 1 aliphatic rings. The molecule has 0 bridgehead atoms. The third kappa shape index (κ3) is 2.46. The molecule has 114 valence electrons. The summed E-state index contributed by atoms with van der Waals surface area (Å²) in [7, 11) is -2.70. The van der Waals surface area contributed by atoms with Crippen LogP contribution in [0.5, 0.6) is 0 Å². The van der Waals surface area contributed by atoms with Crippen molar-refractivity contribution < 1.29 is 23.4 Å². The van der Waals surface area contributed by atoms with E-state index in [0.29, 0.717) is 6.42 Å². The van der Waals surface area contributed by atoms with Crippen LogP contribution in [0.2, 0.25) is 19.6 Å². The predicted molar refractivity (Wildman–Crippen MR) is 76.1 cm³/mol. The number of carbonyl (C=O) groups excluding carboxylic acids is 1. The van der Waals surface area contributed by atoms with Gasteiger partial charge in [0.2, 0.25) is 0 Å². The first-order valence-electron chi connectivity index (χ1n) is 6.75. The molecule has 0 aliphatic heterocycles. The lowest BCUT2D eigenvalue weighted by Crippen LogP contribution is -2.66. The van der Waals surface area contributed by atoms with Crippen molar-refractivity contribution in [2.45, 2.75) is 57.5 Å². The predicted octanol–water partition coefficient (Wildman–Crippen LogP) is 3.42. The monoisotopic (exact) mass is 304 g/mol. The maximum atomic E-state index is 14.7. The molecule has 3 nitrogen and oxygen atoms in total. The van der Waals surface area contributed by atoms with Crippen molar-refractivity contribution in [3.8, 4) is 0 Å². The summed E-state index contributed by atoms with van der Waals surface area (Å²) in [6, 6.07) is 0. The second-order valence-electron chi connectivity index (χ2n) is 5.94. The van der Waals surface area contributed by atoms with Crippen molar-refractivity contribution in [2.75, 3.05) is 0 Å². The SMILES string of the molecule is CCC(=O)OC1=CC=C(CC)C(O)([Si](C)(C)C)C1(F)F. The third-order valence-electron chi connectivity index (χ3n) is 3.64. The zero-order valence-corrected chi connectivity index (χ0v) is 13.6. The van der Waals surface area contributed by atoms with Gasteiger partial charge in [-0.15, -0.1) is 0 Å². The summed E-state index contributed by atoms with van der Waals surface area (Å²) in [6.07, 6.45) is 2.87. The average Bonchev–Trinajstić information content (AvgIpc) is 2.34. The summed E-state index contributed by atoms with van der Waals surface area (Å²) in [5.74, 6) is -5.09. The number of hydrogen-bond acceptors (Lipinski definition) is 3. The standard InChI is InChI=1S/C14H22F2O3Si/c1-6-10-8-9-11(19-12(17)7-2)13(15,16)14(10,18)20(3,4)5/h8-9,18H,6-7H2,1-5H3. The van der Waals surface area contributed by atoms with Gasteiger partial charge < -0.3 is 9.84 Å². The van der Waals surface area contributed by atoms with Gasteiger partial charge >= 0.3 is 11.9 Å². The highest BCUT2D eigenvalue weighted by molar-refractivity contribution is 6.80. The lowest BCUT2D eigenvalue weighted by Gasteiger charge is -2.47. The smallest absolute Gasteiger partial charge is 0.333 e. The molecule has 0 amide bonds. The molecule has 0 aromatic heterocycles. The quantitative estimate of drug-likeness (QED) is 0.639. The molecule has 0 spiro atoms. The fourth-order valence-electron chi connectivity index (χ4n) is 2.40. The van der Waals surface area contributed by atoms with Crippen LogP contribution in [-0.4, -0.2) is 30.3 Å². The minimum absolute atomic E-state index is 0.00312. The molecule has 0 aromatic rings. The Bertz CT molecular complexity index is 464. The molecular formula is C14H22F2O3Si. The minimum atomic E-state index is -3.59. The van der Waals surface area contributed by atoms with Gasteiger partial charge in [0.05, 0.1) is 8.07 Å². The average molecular weight is 304 g/mol. The summed E-state index contributed by atoms with van der Waals surface area (Å²) in [6.45, 7) is 8.28. The van der Waals surface area contributed by atoms with Crippen LogP contribution in [0.1, 0.15) is 26.7 Å². The van der Waals surface area contributed by atoms with Gasteiger partial charge in [0.15, 0.2) is 5.76 Å². The van der Waals surface area contributed by atoms with Crippen LogP contribution in [0, 0.1) is 0 Å². The Morgan fingerprint density at radius 3 is 2.25 bits per heavy atom. The van der Waals surface area contributed by atoms with Crippen LogP contribution >= 0.6 is 0 Å². The van der Waals surface area contributed by atoms with Gasteiger partial charge in [0.1, 0.15) is 5.22 Å². The van der Waals surface area contributed by atoms with E-state index in [2.05, 4.69) is 0 Å². The first-order chi connectivity index (χ1) is 9.02. The molecule has 0 heterocycles. The van der Waals surface area contributed by atoms with Gasteiger partial charge in [-0.1, -0.05) is 39.6 Å². The minimum Gasteiger partial charge on any atom is -0.424 e. The summed E-state index contributed by atoms with van der Waals surface area (Å²) in [5.41, 5.74) is 0.290. The van der Waals surface area contributed by atoms with Crippen LogP contribution in [0.25, 0.3) is 0 Å². The van der Waals surface area contributed by atoms with Crippen LogP contribution in [0.4, 0.5) is 8.78 Å². The number of rotatable bonds is 4. The number of esters is 1. The Morgan fingerprint density at radius 2 is 1.85 bits per heavy atom. The maximum absolute atomic E-state index is 14.7. The van der Waals surface area contributed by atoms with Gasteiger partial charge in [-0.3, -0.25) is 4.79 Å². The summed E-state index contributed by atoms with van der Waals surface area (Å²) < 4.78 is 34.2. The van der Waals surface area contributed by atoms with Gasteiger partial charge in [-0.05, 0) is 18.1 Å². The Hall–Kier alpha value is -1.01. The molecule has 0 radical (unpaired) electrons. The summed E-state index contributed by atoms with van der Waals surface area (Å²) >= 11 is 0. The molecule has 0 saturated carbocycles. The highest BCUT2D eigenvalue weighted by atomic mass is 28.3. The van der Waals surface area contributed by atoms with E-state index in [1.54, 1.807) is 26.6 Å². The Morgan fingerprint density at radius 1 is 1.30 bits per heavy atom. The molecule has 0 aromatic carbocycles. The molecular weight excluding hydrogens is 282 g/mol. The summed E-state index contributed by atoms with van der Waals surface area (Å²) in [5, 5.41) is 8.52. The van der Waals surface area contributed by atoms with Gasteiger partial charge in [-0.2, -0.15) is 8.78 Å². The van der Waals surface area contributed by atoms with E-state index >= 15 is 0 Å². The van der Waals surface area contributed by atoms with Crippen LogP contribution in [0.3, 0.4) is 0 Å². The van der Waals surface area contributed by atoms with Crippen molar-refractivity contribution in [1.82, 2.24) is 0 Å². The van der Waals surface area contributed by atoms with Crippen LogP contribution in [-0.2, 0) is 9.53 Å². The van der Waals surface area contributed by atoms with Crippen LogP contribution < -0.4 is 0 Å². The Labute approximate surface area is 119 Å².